The van der Waals surface area contributed by atoms with E-state index < -0.39 is 0 Å². The van der Waals surface area contributed by atoms with Crippen LogP contribution in [0.3, 0.4) is 0 Å². The second-order valence-electron chi connectivity index (χ2n) is 7.22. The van der Waals surface area contributed by atoms with E-state index in [2.05, 4.69) is 59.0 Å². The van der Waals surface area contributed by atoms with Crippen LogP contribution in [0.4, 0.5) is 5.69 Å². The first kappa shape index (κ1) is 21.1. The Labute approximate surface area is 193 Å². The van der Waals surface area contributed by atoms with E-state index in [-0.39, 0.29) is 5.75 Å². The van der Waals surface area contributed by atoms with Crippen molar-refractivity contribution in [2.24, 2.45) is 4.99 Å². The van der Waals surface area contributed by atoms with Gasteiger partial charge in [0.1, 0.15) is 5.75 Å². The minimum Gasteiger partial charge on any atom is -0.508 e. The Morgan fingerprint density at radius 1 is 0.719 bits per heavy atom. The Morgan fingerprint density at radius 3 is 2.09 bits per heavy atom. The molecule has 3 heteroatoms. The number of hydrogen-bond donors (Lipinski definition) is 1. The van der Waals surface area contributed by atoms with Crippen molar-refractivity contribution in [3.8, 4) is 29.4 Å². The van der Waals surface area contributed by atoms with Gasteiger partial charge in [-0.3, -0.25) is 0 Å². The molecule has 152 valence electrons. The molecule has 1 N–H and O–H groups in total. The van der Waals surface area contributed by atoms with Gasteiger partial charge in [-0.15, -0.1) is 0 Å². The lowest BCUT2D eigenvalue weighted by molar-refractivity contribution is 0.476. The van der Waals surface area contributed by atoms with Crippen LogP contribution in [0.2, 0.25) is 0 Å². The first-order valence-electron chi connectivity index (χ1n) is 10.2. The summed E-state index contributed by atoms with van der Waals surface area (Å²) in [4.78, 5) is 3.95. The fourth-order valence-electron chi connectivity index (χ4n) is 3.35. The zero-order valence-corrected chi connectivity index (χ0v) is 18.3. The molecule has 4 aromatic carbocycles. The molecule has 0 amide bonds. The van der Waals surface area contributed by atoms with E-state index in [1.54, 1.807) is 12.1 Å². The largest absolute Gasteiger partial charge is 0.508 e. The van der Waals surface area contributed by atoms with Crippen LogP contribution in [0, 0.1) is 23.7 Å². The number of aromatic hydroxyl groups is 1. The van der Waals surface area contributed by atoms with E-state index in [1.807, 2.05) is 60.7 Å². The van der Waals surface area contributed by atoms with Gasteiger partial charge in [-0.1, -0.05) is 42.7 Å². The number of thiocarbonyl (C=S) groups is 1. The third-order valence-corrected chi connectivity index (χ3v) is 5.14. The quantitative estimate of drug-likeness (QED) is 0.220. The summed E-state index contributed by atoms with van der Waals surface area (Å²) in [7, 11) is 0. The predicted octanol–water partition coefficient (Wildman–Crippen LogP) is 6.64. The van der Waals surface area contributed by atoms with E-state index >= 15 is 0 Å². The number of aryl methyl sites for hydroxylation is 1. The van der Waals surface area contributed by atoms with Gasteiger partial charge in [0.2, 0.25) is 0 Å². The van der Waals surface area contributed by atoms with Crippen LogP contribution < -0.4 is 0 Å². The lowest BCUT2D eigenvalue weighted by atomic mass is 10.0. The number of aliphatic imine (C=N–C) groups is 1. The molecule has 0 aliphatic carbocycles. The molecule has 0 saturated carbocycles. The number of rotatable bonds is 2. The predicted molar refractivity (Wildman–Crippen MR) is 135 cm³/mol. The van der Waals surface area contributed by atoms with Gasteiger partial charge in [-0.05, 0) is 102 Å². The van der Waals surface area contributed by atoms with Crippen LogP contribution in [0.15, 0.2) is 83.9 Å². The maximum Gasteiger partial charge on any atom is 0.116 e. The lowest BCUT2D eigenvalue weighted by Crippen LogP contribution is -1.89. The topological polar surface area (TPSA) is 32.6 Å². The van der Waals surface area contributed by atoms with Crippen LogP contribution >= 0.6 is 12.2 Å². The van der Waals surface area contributed by atoms with E-state index in [0.717, 1.165) is 45.1 Å². The first-order chi connectivity index (χ1) is 15.6. The molecule has 32 heavy (non-hydrogen) atoms. The molecule has 0 unspecified atom stereocenters. The summed E-state index contributed by atoms with van der Waals surface area (Å²) in [6.07, 6.45) is 0.876. The Kier molecular flexibility index (Phi) is 6.45. The number of fused-ring (bicyclic) bond motifs is 1. The van der Waals surface area contributed by atoms with Crippen LogP contribution in [0.5, 0.6) is 5.75 Å². The van der Waals surface area contributed by atoms with Gasteiger partial charge >= 0.3 is 0 Å². The third kappa shape index (κ3) is 5.12. The van der Waals surface area contributed by atoms with Gasteiger partial charge in [0.15, 0.2) is 0 Å². The van der Waals surface area contributed by atoms with Gasteiger partial charge < -0.3 is 5.11 Å². The number of hydrogen-bond acceptors (Lipinski definition) is 3. The van der Waals surface area contributed by atoms with Crippen LogP contribution in [0.25, 0.3) is 10.8 Å². The van der Waals surface area contributed by atoms with Crippen molar-refractivity contribution in [3.63, 3.8) is 0 Å². The van der Waals surface area contributed by atoms with E-state index in [4.69, 9.17) is 0 Å². The average molecular weight is 430 g/mol. The summed E-state index contributed by atoms with van der Waals surface area (Å²) in [5.74, 6) is 13.3. The summed E-state index contributed by atoms with van der Waals surface area (Å²) in [5.41, 5.74) is 5.76. The van der Waals surface area contributed by atoms with Crippen molar-refractivity contribution in [2.45, 2.75) is 13.3 Å². The zero-order valence-electron chi connectivity index (χ0n) is 17.5. The van der Waals surface area contributed by atoms with Crippen LogP contribution in [0.1, 0.15) is 34.7 Å². The molecule has 0 saturated heterocycles. The normalized spacial score (nSPS) is 9.78. The van der Waals surface area contributed by atoms with Crippen molar-refractivity contribution in [1.29, 1.82) is 0 Å². The van der Waals surface area contributed by atoms with Gasteiger partial charge in [0.25, 0.3) is 0 Å². The molecule has 0 aliphatic rings. The zero-order chi connectivity index (χ0) is 22.3. The number of phenolic OH excluding ortho intramolecular Hbond substituents is 1. The van der Waals surface area contributed by atoms with Gasteiger partial charge in [-0.25, -0.2) is 0 Å². The Bertz CT molecular complexity index is 1470. The van der Waals surface area contributed by atoms with Crippen molar-refractivity contribution in [3.05, 3.63) is 107 Å². The molecule has 0 atom stereocenters. The fourth-order valence-corrected chi connectivity index (χ4v) is 3.46. The van der Waals surface area contributed by atoms with Gasteiger partial charge in [-0.2, -0.15) is 4.99 Å². The first-order valence-corrected chi connectivity index (χ1v) is 10.6. The summed E-state index contributed by atoms with van der Waals surface area (Å²) < 4.78 is 0. The molecule has 4 aromatic rings. The summed E-state index contributed by atoms with van der Waals surface area (Å²) in [6.45, 7) is 2.12. The summed E-state index contributed by atoms with van der Waals surface area (Å²) >= 11 is 4.63. The Morgan fingerprint density at radius 2 is 1.34 bits per heavy atom. The smallest absolute Gasteiger partial charge is 0.116 e. The van der Waals surface area contributed by atoms with Gasteiger partial charge in [0.05, 0.1) is 10.8 Å². The SMILES string of the molecule is CCc1cc(C#Cc2ccc3cc(O)ccc3c2)ccc1C#Cc1ccc(N=C=S)cc1. The lowest BCUT2D eigenvalue weighted by Gasteiger charge is -2.02. The number of benzene rings is 4. The van der Waals surface area contributed by atoms with Crippen molar-refractivity contribution < 1.29 is 5.11 Å². The Balaban J connectivity index is 1.57. The molecule has 0 spiro atoms. The molecule has 0 heterocycles. The highest BCUT2D eigenvalue weighted by atomic mass is 32.1. The second-order valence-corrected chi connectivity index (χ2v) is 7.40. The summed E-state index contributed by atoms with van der Waals surface area (Å²) in [5, 5.41) is 14.0. The molecule has 0 radical (unpaired) electrons. The molecular formula is C29H19NOS. The minimum atomic E-state index is 0.267. The molecule has 2 nitrogen and oxygen atoms in total. The maximum atomic E-state index is 9.61. The highest BCUT2D eigenvalue weighted by molar-refractivity contribution is 7.78. The number of phenols is 1. The monoisotopic (exact) mass is 429 g/mol. The number of nitrogens with zero attached hydrogens (tertiary/aromatic N) is 1. The molecular weight excluding hydrogens is 410 g/mol. The van der Waals surface area contributed by atoms with E-state index in [1.165, 1.54) is 5.56 Å². The summed E-state index contributed by atoms with van der Waals surface area (Å²) in [6, 6.07) is 25.1. The van der Waals surface area contributed by atoms with Crippen LogP contribution in [-0.4, -0.2) is 10.3 Å². The van der Waals surface area contributed by atoms with Crippen molar-refractivity contribution >= 4 is 33.8 Å². The highest BCUT2D eigenvalue weighted by Gasteiger charge is 2.00. The van der Waals surface area contributed by atoms with E-state index in [9.17, 15) is 5.11 Å². The highest BCUT2D eigenvalue weighted by Crippen LogP contribution is 2.21. The van der Waals surface area contributed by atoms with Crippen molar-refractivity contribution in [1.82, 2.24) is 0 Å². The maximum absolute atomic E-state index is 9.61. The molecule has 0 bridgehead atoms. The molecule has 0 fully saturated rings. The molecule has 0 aliphatic heterocycles. The standard InChI is InChI=1S/C29H19NOS/c1-2-24-17-22(3-4-23-7-12-27-19-29(31)16-13-26(27)18-23)6-11-25(24)10-5-21-8-14-28(15-9-21)30-20-32/h6-9,11-19,31H,2H2,1H3. The molecule has 0 aromatic heterocycles. The third-order valence-electron chi connectivity index (χ3n) is 5.04. The van der Waals surface area contributed by atoms with Crippen molar-refractivity contribution in [2.75, 3.05) is 0 Å². The van der Waals surface area contributed by atoms with E-state index in [0.29, 0.717) is 0 Å². The molecule has 4 rings (SSSR count). The van der Waals surface area contributed by atoms with Gasteiger partial charge in [0, 0.05) is 22.3 Å². The Hall–Kier alpha value is -4.14. The fraction of sp³-hybridized carbons (Fsp3) is 0.0690. The minimum absolute atomic E-state index is 0.267. The van der Waals surface area contributed by atoms with Crippen LogP contribution in [-0.2, 0) is 6.42 Å². The average Bonchev–Trinajstić information content (AvgIpc) is 2.82. The second kappa shape index (κ2) is 9.78. The number of isothiocyanates is 1.